The molecule has 2 atom stereocenters. The predicted molar refractivity (Wildman–Crippen MR) is 81.4 cm³/mol. The quantitative estimate of drug-likeness (QED) is 0.859. The molecule has 1 fully saturated rings. The number of ketones is 1. The van der Waals surface area contributed by atoms with Gasteiger partial charge in [-0.25, -0.2) is 0 Å². The van der Waals surface area contributed by atoms with E-state index in [9.17, 15) is 4.79 Å². The molecule has 0 radical (unpaired) electrons. The largest absolute Gasteiger partial charge is 0.306 e. The van der Waals surface area contributed by atoms with E-state index in [1.54, 1.807) is 6.07 Å². The zero-order valence-electron chi connectivity index (χ0n) is 11.4. The van der Waals surface area contributed by atoms with E-state index in [0.717, 1.165) is 17.7 Å². The third kappa shape index (κ3) is 2.45. The maximum atomic E-state index is 12.5. The van der Waals surface area contributed by atoms with Crippen molar-refractivity contribution in [3.05, 3.63) is 33.8 Å². The van der Waals surface area contributed by atoms with Gasteiger partial charge < -0.3 is 5.43 Å². The van der Waals surface area contributed by atoms with Gasteiger partial charge in [-0.1, -0.05) is 37.0 Å². The molecule has 1 aliphatic carbocycles. The first-order valence-corrected chi connectivity index (χ1v) is 7.44. The second kappa shape index (κ2) is 4.74. The van der Waals surface area contributed by atoms with E-state index >= 15 is 0 Å². The SMILES string of the molecule is CC1(C)CC(=O)[C@@H]2C(c3cc(Cl)cc(Cl)c3)=NN[C@H]2C1. The lowest BCUT2D eigenvalue weighted by molar-refractivity contribution is -0.126. The van der Waals surface area contributed by atoms with Gasteiger partial charge in [0, 0.05) is 22.0 Å². The van der Waals surface area contributed by atoms with Crippen molar-refractivity contribution in [3.8, 4) is 0 Å². The van der Waals surface area contributed by atoms with Crippen LogP contribution in [0, 0.1) is 11.3 Å². The average Bonchev–Trinajstić information content (AvgIpc) is 2.69. The van der Waals surface area contributed by atoms with Gasteiger partial charge in [-0.2, -0.15) is 5.10 Å². The summed E-state index contributed by atoms with van der Waals surface area (Å²) in [5, 5.41) is 5.49. The van der Waals surface area contributed by atoms with Crippen LogP contribution in [0.2, 0.25) is 10.0 Å². The van der Waals surface area contributed by atoms with Crippen LogP contribution in [0.25, 0.3) is 0 Å². The van der Waals surface area contributed by atoms with Gasteiger partial charge in [0.25, 0.3) is 0 Å². The highest BCUT2D eigenvalue weighted by atomic mass is 35.5. The second-order valence-electron chi connectivity index (χ2n) is 6.38. The molecule has 0 aromatic heterocycles. The molecule has 3 nitrogen and oxygen atoms in total. The molecule has 0 saturated heterocycles. The van der Waals surface area contributed by atoms with Crippen molar-refractivity contribution in [2.45, 2.75) is 32.7 Å². The first-order valence-electron chi connectivity index (χ1n) is 6.68. The topological polar surface area (TPSA) is 41.5 Å². The fourth-order valence-corrected chi connectivity index (χ4v) is 3.75. The van der Waals surface area contributed by atoms with Crippen molar-refractivity contribution in [1.82, 2.24) is 5.43 Å². The minimum Gasteiger partial charge on any atom is -0.306 e. The van der Waals surface area contributed by atoms with Gasteiger partial charge in [0.05, 0.1) is 17.7 Å². The first-order chi connectivity index (χ1) is 9.35. The maximum absolute atomic E-state index is 12.5. The van der Waals surface area contributed by atoms with Crippen LogP contribution in [-0.2, 0) is 4.79 Å². The molecule has 1 aliphatic heterocycles. The summed E-state index contributed by atoms with van der Waals surface area (Å²) < 4.78 is 0. The molecular formula is C15H16Cl2N2O. The second-order valence-corrected chi connectivity index (χ2v) is 7.25. The Morgan fingerprint density at radius 3 is 2.55 bits per heavy atom. The third-order valence-corrected chi connectivity index (χ3v) is 4.41. The fourth-order valence-electron chi connectivity index (χ4n) is 3.22. The number of halogens is 2. The van der Waals surface area contributed by atoms with Crippen molar-refractivity contribution in [1.29, 1.82) is 0 Å². The van der Waals surface area contributed by atoms with Gasteiger partial charge in [0.2, 0.25) is 0 Å². The van der Waals surface area contributed by atoms with Gasteiger partial charge in [0.1, 0.15) is 5.78 Å². The Morgan fingerprint density at radius 1 is 1.25 bits per heavy atom. The van der Waals surface area contributed by atoms with E-state index < -0.39 is 0 Å². The summed E-state index contributed by atoms with van der Waals surface area (Å²) in [4.78, 5) is 12.5. The highest BCUT2D eigenvalue weighted by Crippen LogP contribution is 2.40. The fraction of sp³-hybridized carbons (Fsp3) is 0.467. The minimum atomic E-state index is -0.183. The molecule has 1 aromatic rings. The van der Waals surface area contributed by atoms with Gasteiger partial charge in [-0.05, 0) is 30.0 Å². The average molecular weight is 311 g/mol. The van der Waals surface area contributed by atoms with Crippen LogP contribution in [-0.4, -0.2) is 17.5 Å². The van der Waals surface area contributed by atoms with E-state index in [4.69, 9.17) is 23.2 Å². The lowest BCUT2D eigenvalue weighted by Gasteiger charge is -2.36. The zero-order chi connectivity index (χ0) is 14.5. The number of benzene rings is 1. The molecule has 1 heterocycles. The highest BCUT2D eigenvalue weighted by molar-refractivity contribution is 6.35. The van der Waals surface area contributed by atoms with Crippen LogP contribution in [0.5, 0.6) is 0 Å². The van der Waals surface area contributed by atoms with Crippen LogP contribution in [0.1, 0.15) is 32.3 Å². The Hall–Kier alpha value is -1.06. The van der Waals surface area contributed by atoms with E-state index in [1.807, 2.05) is 12.1 Å². The van der Waals surface area contributed by atoms with Gasteiger partial charge in [0.15, 0.2) is 0 Å². The van der Waals surface area contributed by atoms with Gasteiger partial charge >= 0.3 is 0 Å². The zero-order valence-corrected chi connectivity index (χ0v) is 12.9. The summed E-state index contributed by atoms with van der Waals surface area (Å²) in [5.74, 6) is 0.0589. The summed E-state index contributed by atoms with van der Waals surface area (Å²) in [5.41, 5.74) is 4.74. The van der Waals surface area contributed by atoms with Crippen molar-refractivity contribution in [2.24, 2.45) is 16.4 Å². The Balaban J connectivity index is 1.95. The number of hydrogen-bond donors (Lipinski definition) is 1. The number of carbonyl (C=O) groups is 1. The van der Waals surface area contributed by atoms with E-state index in [0.29, 0.717) is 16.5 Å². The maximum Gasteiger partial charge on any atom is 0.144 e. The summed E-state index contributed by atoms with van der Waals surface area (Å²) in [6.45, 7) is 4.24. The number of nitrogens with one attached hydrogen (secondary N) is 1. The molecule has 1 saturated carbocycles. The Morgan fingerprint density at radius 2 is 1.90 bits per heavy atom. The van der Waals surface area contributed by atoms with Gasteiger partial charge in [-0.3, -0.25) is 4.79 Å². The summed E-state index contributed by atoms with van der Waals surface area (Å²) in [6.07, 6.45) is 1.52. The monoisotopic (exact) mass is 310 g/mol. The standard InChI is InChI=1S/C15H16Cl2N2O/c1-15(2)6-11-13(12(20)7-15)14(19-18-11)8-3-9(16)5-10(17)4-8/h3-5,11,13,18H,6-7H2,1-2H3/t11-,13+/m0/s1. The Labute approximate surface area is 128 Å². The number of rotatable bonds is 1. The molecular weight excluding hydrogens is 295 g/mol. The van der Waals surface area contributed by atoms with E-state index in [2.05, 4.69) is 24.4 Å². The number of nitrogens with zero attached hydrogens (tertiary/aromatic N) is 1. The lowest BCUT2D eigenvalue weighted by Crippen LogP contribution is -2.45. The molecule has 3 rings (SSSR count). The van der Waals surface area contributed by atoms with Crippen molar-refractivity contribution in [3.63, 3.8) is 0 Å². The van der Waals surface area contributed by atoms with E-state index in [-0.39, 0.29) is 23.2 Å². The molecule has 1 N–H and O–H groups in total. The van der Waals surface area contributed by atoms with Crippen LogP contribution < -0.4 is 5.43 Å². The Bertz CT molecular complexity index is 590. The first kappa shape index (κ1) is 13.9. The molecule has 0 bridgehead atoms. The number of Topliss-reactive ketones (excluding diaryl/α,β-unsaturated/α-hetero) is 1. The highest BCUT2D eigenvalue weighted by Gasteiger charge is 2.46. The number of carbonyl (C=O) groups excluding carboxylic acids is 1. The normalized spacial score (nSPS) is 27.8. The van der Waals surface area contributed by atoms with Crippen LogP contribution in [0.15, 0.2) is 23.3 Å². The number of hydrogen-bond acceptors (Lipinski definition) is 3. The Kier molecular flexibility index (Phi) is 3.30. The molecule has 5 heteroatoms. The molecule has 106 valence electrons. The van der Waals surface area contributed by atoms with Crippen molar-refractivity contribution < 1.29 is 4.79 Å². The third-order valence-electron chi connectivity index (χ3n) is 3.98. The van der Waals surface area contributed by atoms with Crippen LogP contribution >= 0.6 is 23.2 Å². The molecule has 1 aromatic carbocycles. The van der Waals surface area contributed by atoms with E-state index in [1.165, 1.54) is 0 Å². The van der Waals surface area contributed by atoms with Crippen LogP contribution in [0.3, 0.4) is 0 Å². The summed E-state index contributed by atoms with van der Waals surface area (Å²) >= 11 is 12.1. The molecule has 0 spiro atoms. The molecule has 0 unspecified atom stereocenters. The smallest absolute Gasteiger partial charge is 0.144 e. The minimum absolute atomic E-state index is 0.0300. The van der Waals surface area contributed by atoms with Crippen molar-refractivity contribution in [2.75, 3.05) is 0 Å². The van der Waals surface area contributed by atoms with Crippen molar-refractivity contribution >= 4 is 34.7 Å². The molecule has 2 aliphatic rings. The number of fused-ring (bicyclic) bond motifs is 1. The molecule has 0 amide bonds. The predicted octanol–water partition coefficient (Wildman–Crippen LogP) is 3.67. The summed E-state index contributed by atoms with van der Waals surface area (Å²) in [7, 11) is 0. The van der Waals surface area contributed by atoms with Crippen LogP contribution in [0.4, 0.5) is 0 Å². The lowest BCUT2D eigenvalue weighted by atomic mass is 9.68. The summed E-state index contributed by atoms with van der Waals surface area (Å²) in [6, 6.07) is 5.38. The van der Waals surface area contributed by atoms with Gasteiger partial charge in [-0.15, -0.1) is 0 Å². The molecule has 20 heavy (non-hydrogen) atoms. The number of hydrazone groups is 1.